The maximum absolute atomic E-state index is 11.6. The average Bonchev–Trinajstić information content (AvgIpc) is 2.66. The molecule has 0 atom stereocenters. The molecule has 0 N–H and O–H groups in total. The first-order chi connectivity index (χ1) is 13.0. The van der Waals surface area contributed by atoms with Crippen LogP contribution in [0.2, 0.25) is 0 Å². The van der Waals surface area contributed by atoms with Crippen molar-refractivity contribution in [2.45, 2.75) is 65.2 Å². The molecule has 148 valence electrons. The van der Waals surface area contributed by atoms with E-state index in [4.69, 9.17) is 4.74 Å². The predicted octanol–water partition coefficient (Wildman–Crippen LogP) is 6.09. The number of ether oxygens (including phenoxy) is 1. The number of rotatable bonds is 3. The van der Waals surface area contributed by atoms with Crippen LogP contribution in [-0.2, 0) is 15.6 Å². The van der Waals surface area contributed by atoms with E-state index in [1.807, 2.05) is 6.07 Å². The van der Waals surface area contributed by atoms with Crippen LogP contribution in [0.15, 0.2) is 30.5 Å². The van der Waals surface area contributed by atoms with E-state index in [2.05, 4.69) is 64.7 Å². The van der Waals surface area contributed by atoms with Gasteiger partial charge in [0.25, 0.3) is 0 Å². The Morgan fingerprint density at radius 1 is 1.07 bits per heavy atom. The molecular weight excluding hydrogens is 346 g/mol. The number of pyridine rings is 1. The van der Waals surface area contributed by atoms with Crippen molar-refractivity contribution in [1.29, 1.82) is 0 Å². The van der Waals surface area contributed by atoms with Gasteiger partial charge in [0.15, 0.2) is 0 Å². The van der Waals surface area contributed by atoms with Crippen LogP contribution < -0.4 is 0 Å². The van der Waals surface area contributed by atoms with Crippen LogP contribution in [0.25, 0.3) is 11.6 Å². The fraction of sp³-hybridized carbons (Fsp3) is 0.440. The summed E-state index contributed by atoms with van der Waals surface area (Å²) in [6.45, 7) is 13.7. The summed E-state index contributed by atoms with van der Waals surface area (Å²) in [5.41, 5.74) is 8.29. The number of aromatic nitrogens is 1. The van der Waals surface area contributed by atoms with Gasteiger partial charge in [-0.2, -0.15) is 0 Å². The minimum absolute atomic E-state index is 0.190. The topological polar surface area (TPSA) is 39.2 Å². The summed E-state index contributed by atoms with van der Waals surface area (Å²) in [7, 11) is 1.38. The van der Waals surface area contributed by atoms with Gasteiger partial charge in [-0.15, -0.1) is 0 Å². The highest BCUT2D eigenvalue weighted by molar-refractivity contribution is 5.89. The molecule has 3 nitrogen and oxygen atoms in total. The van der Waals surface area contributed by atoms with Crippen molar-refractivity contribution >= 4 is 17.6 Å². The Balaban J connectivity index is 2.01. The minimum Gasteiger partial charge on any atom is -0.465 e. The van der Waals surface area contributed by atoms with Gasteiger partial charge >= 0.3 is 5.97 Å². The molecule has 0 spiro atoms. The van der Waals surface area contributed by atoms with Gasteiger partial charge in [-0.25, -0.2) is 4.79 Å². The van der Waals surface area contributed by atoms with Crippen molar-refractivity contribution in [2.24, 2.45) is 0 Å². The molecule has 0 aliphatic heterocycles. The third-order valence-corrected chi connectivity index (χ3v) is 6.20. The molecule has 0 saturated heterocycles. The first-order valence-corrected chi connectivity index (χ1v) is 9.94. The lowest BCUT2D eigenvalue weighted by Gasteiger charge is -2.42. The van der Waals surface area contributed by atoms with Crippen molar-refractivity contribution < 1.29 is 9.53 Å². The summed E-state index contributed by atoms with van der Waals surface area (Å²) in [4.78, 5) is 16.0. The molecule has 0 fully saturated rings. The van der Waals surface area contributed by atoms with Crippen molar-refractivity contribution in [3.05, 3.63) is 64.0 Å². The van der Waals surface area contributed by atoms with E-state index in [0.717, 1.165) is 11.3 Å². The quantitative estimate of drug-likeness (QED) is 0.608. The van der Waals surface area contributed by atoms with Gasteiger partial charge in [-0.3, -0.25) is 4.98 Å². The Labute approximate surface area is 168 Å². The molecule has 0 bridgehead atoms. The third kappa shape index (κ3) is 3.76. The maximum atomic E-state index is 11.6. The molecule has 0 unspecified atom stereocenters. The van der Waals surface area contributed by atoms with Crippen LogP contribution in [0, 0.1) is 6.92 Å². The standard InChI is InChI=1S/C25H31NO2/c1-16-13-20-21(25(5,6)11-10-24(20,3)4)14-19(16)12-17(2)22-9-8-18(15-26-22)23(27)28-7/h8-9,12-15H,10-11H2,1-7H3. The molecule has 1 aliphatic carbocycles. The second kappa shape index (κ2) is 7.20. The number of aryl methyl sites for hydroxylation is 1. The summed E-state index contributed by atoms with van der Waals surface area (Å²) < 4.78 is 4.74. The van der Waals surface area contributed by atoms with Crippen molar-refractivity contribution in [1.82, 2.24) is 4.98 Å². The lowest BCUT2D eigenvalue weighted by atomic mass is 9.62. The Hall–Kier alpha value is -2.42. The number of hydrogen-bond donors (Lipinski definition) is 0. The van der Waals surface area contributed by atoms with Crippen molar-refractivity contribution in [3.63, 3.8) is 0 Å². The molecule has 3 heteroatoms. The second-order valence-electron chi connectivity index (χ2n) is 9.27. The Morgan fingerprint density at radius 3 is 2.21 bits per heavy atom. The summed E-state index contributed by atoms with van der Waals surface area (Å²) in [6, 6.07) is 8.39. The number of nitrogens with zero attached hydrogens (tertiary/aromatic N) is 1. The lowest BCUT2D eigenvalue weighted by Crippen LogP contribution is -2.34. The molecular formula is C25H31NO2. The number of carbonyl (C=O) groups excluding carboxylic acids is 1. The van der Waals surface area contributed by atoms with E-state index in [9.17, 15) is 4.79 Å². The van der Waals surface area contributed by atoms with E-state index >= 15 is 0 Å². The molecule has 0 amide bonds. The zero-order chi connectivity index (χ0) is 20.7. The third-order valence-electron chi connectivity index (χ3n) is 6.20. The van der Waals surface area contributed by atoms with Gasteiger partial charge in [0, 0.05) is 6.20 Å². The van der Waals surface area contributed by atoms with Crippen LogP contribution >= 0.6 is 0 Å². The molecule has 2 aromatic rings. The molecule has 0 radical (unpaired) electrons. The number of benzene rings is 1. The maximum Gasteiger partial charge on any atom is 0.339 e. The van der Waals surface area contributed by atoms with E-state index in [1.54, 1.807) is 12.3 Å². The van der Waals surface area contributed by atoms with E-state index < -0.39 is 0 Å². The van der Waals surface area contributed by atoms with E-state index in [1.165, 1.54) is 42.2 Å². The monoisotopic (exact) mass is 377 g/mol. The first-order valence-electron chi connectivity index (χ1n) is 9.94. The Morgan fingerprint density at radius 2 is 1.68 bits per heavy atom. The average molecular weight is 378 g/mol. The van der Waals surface area contributed by atoms with Gasteiger partial charge < -0.3 is 4.74 Å². The number of hydrogen-bond acceptors (Lipinski definition) is 3. The van der Waals surface area contributed by atoms with Crippen LogP contribution in [0.1, 0.15) is 85.8 Å². The highest BCUT2D eigenvalue weighted by atomic mass is 16.5. The van der Waals surface area contributed by atoms with Crippen LogP contribution in [0.4, 0.5) is 0 Å². The molecule has 0 saturated carbocycles. The van der Waals surface area contributed by atoms with E-state index in [0.29, 0.717) is 5.56 Å². The highest BCUT2D eigenvalue weighted by Gasteiger charge is 2.37. The zero-order valence-electron chi connectivity index (χ0n) is 18.1. The Bertz CT molecular complexity index is 934. The fourth-order valence-electron chi connectivity index (χ4n) is 4.07. The number of allylic oxidation sites excluding steroid dienone is 1. The zero-order valence-corrected chi connectivity index (χ0v) is 18.1. The fourth-order valence-corrected chi connectivity index (χ4v) is 4.07. The number of methoxy groups -OCH3 is 1. The van der Waals surface area contributed by atoms with Gasteiger partial charge in [-0.1, -0.05) is 39.8 Å². The highest BCUT2D eigenvalue weighted by Crippen LogP contribution is 2.46. The number of esters is 1. The lowest BCUT2D eigenvalue weighted by molar-refractivity contribution is 0.0600. The first kappa shape index (κ1) is 20.3. The van der Waals surface area contributed by atoms with Crippen LogP contribution in [0.5, 0.6) is 0 Å². The second-order valence-corrected chi connectivity index (χ2v) is 9.27. The predicted molar refractivity (Wildman–Crippen MR) is 116 cm³/mol. The Kier molecular flexibility index (Phi) is 5.22. The molecule has 1 aromatic heterocycles. The number of carbonyl (C=O) groups is 1. The summed E-state index contributed by atoms with van der Waals surface area (Å²) >= 11 is 0. The molecule has 1 aliphatic rings. The summed E-state index contributed by atoms with van der Waals surface area (Å²) in [5, 5.41) is 0. The van der Waals surface area contributed by atoms with Gasteiger partial charge in [-0.05, 0) is 83.6 Å². The minimum atomic E-state index is -0.365. The molecule has 1 aromatic carbocycles. The largest absolute Gasteiger partial charge is 0.465 e. The number of fused-ring (bicyclic) bond motifs is 1. The van der Waals surface area contributed by atoms with Crippen LogP contribution in [-0.4, -0.2) is 18.1 Å². The smallest absolute Gasteiger partial charge is 0.339 e. The summed E-state index contributed by atoms with van der Waals surface area (Å²) in [5.74, 6) is -0.365. The van der Waals surface area contributed by atoms with E-state index in [-0.39, 0.29) is 16.8 Å². The van der Waals surface area contributed by atoms with Crippen LogP contribution in [0.3, 0.4) is 0 Å². The van der Waals surface area contributed by atoms with Crippen molar-refractivity contribution in [2.75, 3.05) is 7.11 Å². The summed E-state index contributed by atoms with van der Waals surface area (Å²) in [6.07, 6.45) is 6.20. The molecule has 3 rings (SSSR count). The normalized spacial score (nSPS) is 17.8. The van der Waals surface area contributed by atoms with Gasteiger partial charge in [0.05, 0.1) is 18.4 Å². The molecule has 1 heterocycles. The molecule has 28 heavy (non-hydrogen) atoms. The van der Waals surface area contributed by atoms with Gasteiger partial charge in [0.2, 0.25) is 0 Å². The van der Waals surface area contributed by atoms with Crippen molar-refractivity contribution in [3.8, 4) is 0 Å². The van der Waals surface area contributed by atoms with Gasteiger partial charge in [0.1, 0.15) is 0 Å². The SMILES string of the molecule is COC(=O)c1ccc(C(C)=Cc2cc3c(cc2C)C(C)(C)CCC3(C)C)nc1.